The first-order valence-electron chi connectivity index (χ1n) is 7.14. The molecular formula is C14H24N4OS. The van der Waals surface area contributed by atoms with E-state index in [-0.39, 0.29) is 6.03 Å². The second-order valence-electron chi connectivity index (χ2n) is 5.85. The largest absolute Gasteiger partial charge is 0.327 e. The molecule has 1 saturated heterocycles. The van der Waals surface area contributed by atoms with Gasteiger partial charge in [0.2, 0.25) is 0 Å². The minimum absolute atomic E-state index is 0.0689. The monoisotopic (exact) mass is 296 g/mol. The summed E-state index contributed by atoms with van der Waals surface area (Å²) in [5.74, 6) is 0.590. The normalized spacial score (nSPS) is 17.4. The first kappa shape index (κ1) is 15.3. The third kappa shape index (κ3) is 2.96. The molecule has 1 aromatic heterocycles. The fourth-order valence-electron chi connectivity index (χ4n) is 2.59. The molecule has 2 heterocycles. The molecule has 0 aliphatic carbocycles. The fraction of sp³-hybridized carbons (Fsp3) is 0.714. The van der Waals surface area contributed by atoms with Crippen molar-refractivity contribution >= 4 is 22.6 Å². The van der Waals surface area contributed by atoms with Crippen LogP contribution in [0.3, 0.4) is 0 Å². The highest BCUT2D eigenvalue weighted by molar-refractivity contribution is 7.10. The Morgan fingerprint density at radius 2 is 2.05 bits per heavy atom. The molecule has 0 spiro atoms. The first-order valence-corrected chi connectivity index (χ1v) is 7.91. The molecule has 20 heavy (non-hydrogen) atoms. The Balaban J connectivity index is 2.23. The molecule has 1 fully saturated rings. The summed E-state index contributed by atoms with van der Waals surface area (Å²) in [5, 5.41) is 0.993. The van der Waals surface area contributed by atoms with Crippen molar-refractivity contribution in [2.24, 2.45) is 5.92 Å². The predicted molar refractivity (Wildman–Crippen MR) is 83.1 cm³/mol. The number of amides is 2. The Kier molecular flexibility index (Phi) is 4.65. The van der Waals surface area contributed by atoms with E-state index in [9.17, 15) is 4.79 Å². The summed E-state index contributed by atoms with van der Waals surface area (Å²) in [6.07, 6.45) is 0.913. The van der Waals surface area contributed by atoms with Crippen molar-refractivity contribution in [2.45, 2.75) is 34.1 Å². The van der Waals surface area contributed by atoms with Crippen LogP contribution in [0, 0.1) is 12.8 Å². The summed E-state index contributed by atoms with van der Waals surface area (Å²) in [6, 6.07) is 0.0689. The van der Waals surface area contributed by atoms with Gasteiger partial charge in [-0.15, -0.1) is 0 Å². The number of carbonyl (C=O) groups is 1. The number of hydrogen-bond donors (Lipinski definition) is 0. The molecular weight excluding hydrogens is 272 g/mol. The molecule has 0 aromatic carbocycles. The van der Waals surface area contributed by atoms with Gasteiger partial charge >= 0.3 is 6.03 Å². The van der Waals surface area contributed by atoms with E-state index in [1.807, 2.05) is 11.9 Å². The highest BCUT2D eigenvalue weighted by Gasteiger charge is 2.31. The third-order valence-electron chi connectivity index (χ3n) is 3.51. The van der Waals surface area contributed by atoms with Crippen LogP contribution in [0.1, 0.15) is 32.0 Å². The number of rotatable bonds is 4. The average Bonchev–Trinajstić information content (AvgIpc) is 2.74. The van der Waals surface area contributed by atoms with Crippen LogP contribution in [-0.4, -0.2) is 47.1 Å². The summed E-state index contributed by atoms with van der Waals surface area (Å²) < 4.78 is 4.47. The van der Waals surface area contributed by atoms with Crippen molar-refractivity contribution < 1.29 is 4.79 Å². The molecule has 2 rings (SSSR count). The molecule has 0 saturated carbocycles. The lowest BCUT2D eigenvalue weighted by molar-refractivity contribution is 0.121. The topological polar surface area (TPSA) is 39.7 Å². The number of nitrogens with zero attached hydrogens (tertiary/aromatic N) is 4. The second kappa shape index (κ2) is 6.10. The Hall–Kier alpha value is -1.14. The van der Waals surface area contributed by atoms with Crippen LogP contribution in [0.15, 0.2) is 0 Å². The van der Waals surface area contributed by atoms with E-state index in [0.29, 0.717) is 19.3 Å². The van der Waals surface area contributed by atoms with Gasteiger partial charge in [-0.3, -0.25) is 9.80 Å². The molecule has 1 aromatic rings. The van der Waals surface area contributed by atoms with E-state index in [1.165, 1.54) is 11.5 Å². The summed E-state index contributed by atoms with van der Waals surface area (Å²) in [7, 11) is 1.86. The van der Waals surface area contributed by atoms with Crippen molar-refractivity contribution in [3.8, 4) is 0 Å². The molecule has 0 unspecified atom stereocenters. The smallest absolute Gasteiger partial charge is 0.314 e. The van der Waals surface area contributed by atoms with E-state index >= 15 is 0 Å². The van der Waals surface area contributed by atoms with E-state index in [4.69, 9.17) is 0 Å². The number of anilines is 1. The van der Waals surface area contributed by atoms with Crippen LogP contribution in [-0.2, 0) is 6.42 Å². The Morgan fingerprint density at radius 1 is 1.35 bits per heavy atom. The summed E-state index contributed by atoms with van der Waals surface area (Å²) >= 11 is 1.44. The van der Waals surface area contributed by atoms with Crippen molar-refractivity contribution in [3.63, 3.8) is 0 Å². The second-order valence-corrected chi connectivity index (χ2v) is 6.60. The lowest BCUT2D eigenvalue weighted by Crippen LogP contribution is -2.57. The highest BCUT2D eigenvalue weighted by atomic mass is 32.1. The Bertz CT molecular complexity index is 486. The number of carbonyl (C=O) groups excluding carboxylic acids is 1. The maximum absolute atomic E-state index is 12.4. The van der Waals surface area contributed by atoms with Crippen LogP contribution in [0.2, 0.25) is 0 Å². The first-order chi connectivity index (χ1) is 9.43. The van der Waals surface area contributed by atoms with Crippen molar-refractivity contribution in [1.82, 2.24) is 14.2 Å². The third-order valence-corrected chi connectivity index (χ3v) is 4.52. The number of urea groups is 1. The fourth-order valence-corrected chi connectivity index (χ4v) is 3.55. The quantitative estimate of drug-likeness (QED) is 0.857. The van der Waals surface area contributed by atoms with Crippen LogP contribution < -0.4 is 4.90 Å². The maximum atomic E-state index is 12.4. The molecule has 112 valence electrons. The molecule has 0 bridgehead atoms. The highest BCUT2D eigenvalue weighted by Crippen LogP contribution is 2.30. The number of aryl methyl sites for hydroxylation is 1. The molecule has 0 N–H and O–H groups in total. The van der Waals surface area contributed by atoms with E-state index in [2.05, 4.69) is 37.0 Å². The van der Waals surface area contributed by atoms with E-state index in [1.54, 1.807) is 4.90 Å². The zero-order chi connectivity index (χ0) is 14.9. The van der Waals surface area contributed by atoms with Crippen molar-refractivity contribution in [2.75, 3.05) is 31.8 Å². The molecule has 5 nitrogen and oxygen atoms in total. The molecule has 1 aliphatic heterocycles. The van der Waals surface area contributed by atoms with Crippen molar-refractivity contribution in [3.05, 3.63) is 11.3 Å². The van der Waals surface area contributed by atoms with Gasteiger partial charge in [0.15, 0.2) is 0 Å². The summed E-state index contributed by atoms with van der Waals surface area (Å²) in [4.78, 5) is 18.3. The van der Waals surface area contributed by atoms with Gasteiger partial charge < -0.3 is 4.90 Å². The molecule has 6 heteroatoms. The van der Waals surface area contributed by atoms with Gasteiger partial charge in [0.05, 0.1) is 19.0 Å². The zero-order valence-electron chi connectivity index (χ0n) is 13.0. The predicted octanol–water partition coefficient (Wildman–Crippen LogP) is 2.76. The standard InChI is InChI=1S/C14H24N4OS/c1-6-12-11(4)13(20-15-12)18-9-17(7-10(2)3)8-16(5)14(18)19/h10H,6-9H2,1-5H3. The maximum Gasteiger partial charge on any atom is 0.327 e. The molecule has 0 atom stereocenters. The summed E-state index contributed by atoms with van der Waals surface area (Å²) in [5.41, 5.74) is 2.24. The van der Waals surface area contributed by atoms with Gasteiger partial charge in [0, 0.05) is 19.2 Å². The van der Waals surface area contributed by atoms with Crippen molar-refractivity contribution in [1.29, 1.82) is 0 Å². The van der Waals surface area contributed by atoms with E-state index in [0.717, 1.165) is 29.2 Å². The zero-order valence-corrected chi connectivity index (χ0v) is 13.8. The number of hydrogen-bond acceptors (Lipinski definition) is 4. The van der Waals surface area contributed by atoms with Gasteiger partial charge in [-0.05, 0) is 30.8 Å². The van der Waals surface area contributed by atoms with E-state index < -0.39 is 0 Å². The van der Waals surface area contributed by atoms with Crippen LogP contribution in [0.5, 0.6) is 0 Å². The van der Waals surface area contributed by atoms with Crippen LogP contribution >= 0.6 is 11.5 Å². The van der Waals surface area contributed by atoms with Gasteiger partial charge in [-0.1, -0.05) is 20.8 Å². The van der Waals surface area contributed by atoms with Crippen LogP contribution in [0.25, 0.3) is 0 Å². The number of aromatic nitrogens is 1. The SMILES string of the molecule is CCc1nsc(N2CN(CC(C)C)CN(C)C2=O)c1C. The average molecular weight is 296 g/mol. The summed E-state index contributed by atoms with van der Waals surface area (Å²) in [6.45, 7) is 10.9. The van der Waals surface area contributed by atoms with Crippen LogP contribution in [0.4, 0.5) is 9.80 Å². The molecule has 2 amide bonds. The van der Waals surface area contributed by atoms with Gasteiger partial charge in [0.1, 0.15) is 5.00 Å². The Labute approximate surface area is 125 Å². The van der Waals surface area contributed by atoms with Gasteiger partial charge in [-0.25, -0.2) is 4.79 Å². The minimum atomic E-state index is 0.0689. The minimum Gasteiger partial charge on any atom is -0.314 e. The lowest BCUT2D eigenvalue weighted by atomic mass is 10.2. The van der Waals surface area contributed by atoms with Gasteiger partial charge in [-0.2, -0.15) is 4.37 Å². The lowest BCUT2D eigenvalue weighted by Gasteiger charge is -2.40. The van der Waals surface area contributed by atoms with Gasteiger partial charge in [0.25, 0.3) is 0 Å². The molecule has 0 radical (unpaired) electrons. The molecule has 1 aliphatic rings. The Morgan fingerprint density at radius 3 is 2.60 bits per heavy atom.